The van der Waals surface area contributed by atoms with E-state index in [-0.39, 0.29) is 11.1 Å². The summed E-state index contributed by atoms with van der Waals surface area (Å²) in [5, 5.41) is 9.15. The van der Waals surface area contributed by atoms with Crippen molar-refractivity contribution in [2.45, 2.75) is 51.4 Å². The Morgan fingerprint density at radius 1 is 1.50 bits per heavy atom. The van der Waals surface area contributed by atoms with Gasteiger partial charge in [-0.05, 0) is 24.6 Å². The number of carboxylic acid groups (broad SMARTS) is 1. The second-order valence-corrected chi connectivity index (χ2v) is 11.0. The molecule has 0 aromatic rings. The van der Waals surface area contributed by atoms with Gasteiger partial charge >= 0.3 is 6.09 Å². The van der Waals surface area contributed by atoms with Crippen LogP contribution >= 0.6 is 0 Å². The summed E-state index contributed by atoms with van der Waals surface area (Å²) >= 11 is 0. The monoisotopic (exact) mass is 273 g/mol. The highest BCUT2D eigenvalue weighted by Crippen LogP contribution is 2.36. The molecule has 0 fully saturated rings. The third kappa shape index (κ3) is 4.82. The highest BCUT2D eigenvalue weighted by Gasteiger charge is 2.38. The molecule has 18 heavy (non-hydrogen) atoms. The van der Waals surface area contributed by atoms with Crippen molar-refractivity contribution in [3.8, 4) is 0 Å². The molecule has 5 heteroatoms. The van der Waals surface area contributed by atoms with Crippen LogP contribution in [-0.4, -0.2) is 44.1 Å². The number of carbonyl (C=O) groups is 1. The lowest BCUT2D eigenvalue weighted by Crippen LogP contribution is -2.46. The van der Waals surface area contributed by atoms with Crippen molar-refractivity contribution in [2.24, 2.45) is 0 Å². The maximum atomic E-state index is 11.0. The van der Waals surface area contributed by atoms with Crippen LogP contribution in [0.15, 0.2) is 12.7 Å². The standard InChI is InChI=1S/C13H27NO3Si/c1-8-9-11(14(5)12(15)16)10-17-18(6,7)13(2,3)4/h8,11H,1,9-10H2,2-7H3,(H,15,16). The van der Waals surface area contributed by atoms with Crippen molar-refractivity contribution in [1.82, 2.24) is 4.90 Å². The number of hydrogen-bond donors (Lipinski definition) is 1. The van der Waals surface area contributed by atoms with Gasteiger partial charge < -0.3 is 14.4 Å². The smallest absolute Gasteiger partial charge is 0.407 e. The molecule has 0 aromatic heterocycles. The zero-order valence-corrected chi connectivity index (χ0v) is 13.5. The third-order valence-electron chi connectivity index (χ3n) is 3.73. The molecule has 1 N–H and O–H groups in total. The normalized spacial score (nSPS) is 14.1. The van der Waals surface area contributed by atoms with Crippen LogP contribution in [0.5, 0.6) is 0 Å². The van der Waals surface area contributed by atoms with Gasteiger partial charge in [0, 0.05) is 7.05 Å². The number of nitrogens with zero attached hydrogens (tertiary/aromatic N) is 1. The van der Waals surface area contributed by atoms with Crippen LogP contribution in [0.3, 0.4) is 0 Å². The molecule has 0 aromatic carbocycles. The largest absolute Gasteiger partial charge is 0.465 e. The van der Waals surface area contributed by atoms with E-state index in [0.29, 0.717) is 13.0 Å². The number of rotatable bonds is 6. The summed E-state index contributed by atoms with van der Waals surface area (Å²) < 4.78 is 6.07. The van der Waals surface area contributed by atoms with Gasteiger partial charge in [0.25, 0.3) is 0 Å². The summed E-state index contributed by atoms with van der Waals surface area (Å²) in [4.78, 5) is 12.3. The predicted molar refractivity (Wildman–Crippen MR) is 77.5 cm³/mol. The van der Waals surface area contributed by atoms with Crippen LogP contribution in [0.1, 0.15) is 27.2 Å². The molecular weight excluding hydrogens is 246 g/mol. The van der Waals surface area contributed by atoms with Gasteiger partial charge in [-0.25, -0.2) is 4.79 Å². The first kappa shape index (κ1) is 17.2. The molecule has 0 aliphatic heterocycles. The van der Waals surface area contributed by atoms with Crippen LogP contribution in [0, 0.1) is 0 Å². The van der Waals surface area contributed by atoms with Gasteiger partial charge in [0.2, 0.25) is 0 Å². The van der Waals surface area contributed by atoms with Gasteiger partial charge in [-0.2, -0.15) is 0 Å². The first-order valence-corrected chi connectivity index (χ1v) is 9.14. The molecule has 1 amide bonds. The van der Waals surface area contributed by atoms with Crippen LogP contribution < -0.4 is 0 Å². The average Bonchev–Trinajstić information content (AvgIpc) is 2.21. The fourth-order valence-electron chi connectivity index (χ4n) is 1.21. The molecule has 4 nitrogen and oxygen atoms in total. The van der Waals surface area contributed by atoms with Gasteiger partial charge in [-0.1, -0.05) is 26.8 Å². The lowest BCUT2D eigenvalue weighted by atomic mass is 10.2. The van der Waals surface area contributed by atoms with Gasteiger partial charge in [0.15, 0.2) is 8.32 Å². The van der Waals surface area contributed by atoms with E-state index < -0.39 is 14.4 Å². The molecule has 0 saturated heterocycles. The quantitative estimate of drug-likeness (QED) is 0.594. The van der Waals surface area contributed by atoms with E-state index >= 15 is 0 Å². The lowest BCUT2D eigenvalue weighted by Gasteiger charge is -2.38. The molecule has 0 aliphatic carbocycles. The van der Waals surface area contributed by atoms with E-state index in [4.69, 9.17) is 9.53 Å². The third-order valence-corrected chi connectivity index (χ3v) is 8.23. The zero-order chi connectivity index (χ0) is 14.6. The minimum absolute atomic E-state index is 0.132. The Balaban J connectivity index is 4.63. The second kappa shape index (κ2) is 6.38. The Hall–Kier alpha value is -0.813. The number of hydrogen-bond acceptors (Lipinski definition) is 2. The van der Waals surface area contributed by atoms with Crippen LogP contribution in [0.25, 0.3) is 0 Å². The van der Waals surface area contributed by atoms with E-state index in [2.05, 4.69) is 40.4 Å². The molecule has 1 unspecified atom stereocenters. The highest BCUT2D eigenvalue weighted by atomic mass is 28.4. The molecule has 0 heterocycles. The topological polar surface area (TPSA) is 49.8 Å². The molecular formula is C13H27NO3Si. The summed E-state index contributed by atoms with van der Waals surface area (Å²) in [7, 11) is -0.256. The minimum atomic E-state index is -1.83. The minimum Gasteiger partial charge on any atom is -0.465 e. The molecule has 0 rings (SSSR count). The lowest BCUT2D eigenvalue weighted by molar-refractivity contribution is 0.115. The van der Waals surface area contributed by atoms with Crippen LogP contribution in [-0.2, 0) is 4.43 Å². The van der Waals surface area contributed by atoms with Crippen molar-refractivity contribution < 1.29 is 14.3 Å². The fraction of sp³-hybridized carbons (Fsp3) is 0.769. The van der Waals surface area contributed by atoms with Crippen molar-refractivity contribution in [3.63, 3.8) is 0 Å². The van der Waals surface area contributed by atoms with Crippen molar-refractivity contribution >= 4 is 14.4 Å². The first-order chi connectivity index (χ1) is 8.03. The number of likely N-dealkylation sites (N-methyl/N-ethyl adjacent to an activating group) is 1. The van der Waals surface area contributed by atoms with E-state index in [0.717, 1.165) is 0 Å². The molecule has 0 aliphatic rings. The SMILES string of the molecule is C=CCC(CO[Si](C)(C)C(C)(C)C)N(C)C(=O)O. The van der Waals surface area contributed by atoms with Crippen molar-refractivity contribution in [2.75, 3.05) is 13.7 Å². The summed E-state index contributed by atoms with van der Waals surface area (Å²) in [6.07, 6.45) is 1.41. The second-order valence-electron chi connectivity index (χ2n) is 6.14. The van der Waals surface area contributed by atoms with Crippen molar-refractivity contribution in [1.29, 1.82) is 0 Å². The Morgan fingerprint density at radius 3 is 2.33 bits per heavy atom. The molecule has 0 bridgehead atoms. The van der Waals surface area contributed by atoms with E-state index in [1.54, 1.807) is 13.1 Å². The Morgan fingerprint density at radius 2 is 2.00 bits per heavy atom. The van der Waals surface area contributed by atoms with Crippen molar-refractivity contribution in [3.05, 3.63) is 12.7 Å². The summed E-state index contributed by atoms with van der Waals surface area (Å²) in [6.45, 7) is 14.9. The molecule has 0 radical (unpaired) electrons. The van der Waals surface area contributed by atoms with E-state index in [1.807, 2.05) is 0 Å². The molecule has 0 saturated carbocycles. The molecule has 106 valence electrons. The molecule has 1 atom stereocenters. The highest BCUT2D eigenvalue weighted by molar-refractivity contribution is 6.74. The van der Waals surface area contributed by atoms with Crippen LogP contribution in [0.4, 0.5) is 4.79 Å². The fourth-order valence-corrected chi connectivity index (χ4v) is 2.25. The van der Waals surface area contributed by atoms with Gasteiger partial charge in [-0.15, -0.1) is 6.58 Å². The maximum Gasteiger partial charge on any atom is 0.407 e. The summed E-state index contributed by atoms with van der Waals surface area (Å²) in [5.41, 5.74) is 0. The van der Waals surface area contributed by atoms with Crippen LogP contribution in [0.2, 0.25) is 18.1 Å². The number of amides is 1. The Bertz CT molecular complexity index is 297. The Labute approximate surface area is 112 Å². The maximum absolute atomic E-state index is 11.0. The van der Waals surface area contributed by atoms with Gasteiger partial charge in [0.1, 0.15) is 0 Å². The predicted octanol–water partition coefficient (Wildman–Crippen LogP) is 3.56. The zero-order valence-electron chi connectivity index (χ0n) is 12.5. The Kier molecular flexibility index (Phi) is 6.09. The average molecular weight is 273 g/mol. The van der Waals surface area contributed by atoms with Gasteiger partial charge in [0.05, 0.1) is 12.6 Å². The summed E-state index contributed by atoms with van der Waals surface area (Å²) in [6, 6.07) is -0.158. The van der Waals surface area contributed by atoms with E-state index in [9.17, 15) is 4.79 Å². The first-order valence-electron chi connectivity index (χ1n) is 6.23. The van der Waals surface area contributed by atoms with E-state index in [1.165, 1.54) is 4.90 Å². The van der Waals surface area contributed by atoms with Gasteiger partial charge in [-0.3, -0.25) is 0 Å². The molecule has 0 spiro atoms. The summed E-state index contributed by atoms with van der Waals surface area (Å²) in [5.74, 6) is 0.